The van der Waals surface area contributed by atoms with Crippen molar-refractivity contribution in [3.8, 4) is 11.1 Å². The zero-order valence-corrected chi connectivity index (χ0v) is 29.9. The van der Waals surface area contributed by atoms with Gasteiger partial charge in [-0.3, -0.25) is 0 Å². The number of furan rings is 1. The summed E-state index contributed by atoms with van der Waals surface area (Å²) in [5, 5.41) is 2.36. The van der Waals surface area contributed by atoms with E-state index in [1.165, 1.54) is 95.0 Å². The quantitative estimate of drug-likeness (QED) is 0.189. The summed E-state index contributed by atoms with van der Waals surface area (Å²) in [6, 6.07) is 39.7. The molecule has 50 heavy (non-hydrogen) atoms. The van der Waals surface area contributed by atoms with Crippen molar-refractivity contribution in [2.45, 2.75) is 88.9 Å². The molecule has 4 bridgehead atoms. The van der Waals surface area contributed by atoms with Crippen LogP contribution in [-0.2, 0) is 16.2 Å². The first kappa shape index (κ1) is 29.4. The van der Waals surface area contributed by atoms with Crippen LogP contribution in [0.2, 0.25) is 0 Å². The van der Waals surface area contributed by atoms with Crippen LogP contribution in [-0.4, -0.2) is 0 Å². The summed E-state index contributed by atoms with van der Waals surface area (Å²) in [5.41, 5.74) is 15.3. The molecule has 0 aliphatic heterocycles. The lowest BCUT2D eigenvalue weighted by atomic mass is 9.43. The van der Waals surface area contributed by atoms with E-state index < -0.39 is 0 Å². The van der Waals surface area contributed by atoms with Crippen molar-refractivity contribution in [3.63, 3.8) is 0 Å². The number of benzene rings is 5. The molecule has 0 N–H and O–H groups in total. The smallest absolute Gasteiger partial charge is 0.135 e. The van der Waals surface area contributed by atoms with Gasteiger partial charge < -0.3 is 9.32 Å². The van der Waals surface area contributed by atoms with E-state index in [0.29, 0.717) is 11.8 Å². The van der Waals surface area contributed by atoms with Crippen molar-refractivity contribution < 1.29 is 4.42 Å². The molecule has 0 amide bonds. The topological polar surface area (TPSA) is 16.4 Å². The minimum atomic E-state index is 0.0656. The first-order valence-corrected chi connectivity index (χ1v) is 19.3. The molecule has 1 aromatic heterocycles. The van der Waals surface area contributed by atoms with E-state index in [4.69, 9.17) is 4.42 Å². The van der Waals surface area contributed by atoms with Gasteiger partial charge in [-0.15, -0.1) is 0 Å². The maximum absolute atomic E-state index is 6.38. The van der Waals surface area contributed by atoms with Crippen molar-refractivity contribution in [3.05, 3.63) is 125 Å². The Hall–Kier alpha value is -4.30. The Morgan fingerprint density at radius 2 is 1.18 bits per heavy atom. The zero-order chi connectivity index (χ0) is 33.6. The fourth-order valence-corrected chi connectivity index (χ4v) is 12.4. The molecule has 12 rings (SSSR count). The predicted octanol–water partition coefficient (Wildman–Crippen LogP) is 13.1. The number of fused-ring (bicyclic) bond motifs is 7. The lowest BCUT2D eigenvalue weighted by molar-refractivity contribution is -0.0397. The molecule has 1 heterocycles. The summed E-state index contributed by atoms with van der Waals surface area (Å²) < 4.78 is 6.38. The standard InChI is InChI=1S/C48H47NO/c1-46(2)20-21-47(3,4)41-28-34(16-18-40(41)46)49(33-17-19-44-38(27-33)36-11-6-8-15-43(36)50-44)42-14-9-12-37-35-10-5-7-13-39(35)48(45(37)42)31-23-29-22-30(25-31)26-32(48)24-29/h5-19,27-32H,20-26H2,1-4H3. The van der Waals surface area contributed by atoms with Gasteiger partial charge in [-0.1, -0.05) is 88.4 Å². The monoisotopic (exact) mass is 653 g/mol. The Morgan fingerprint density at radius 1 is 0.540 bits per heavy atom. The van der Waals surface area contributed by atoms with Gasteiger partial charge in [0.15, 0.2) is 0 Å². The van der Waals surface area contributed by atoms with E-state index in [-0.39, 0.29) is 16.2 Å². The third-order valence-electron chi connectivity index (χ3n) is 14.5. The zero-order valence-electron chi connectivity index (χ0n) is 29.9. The molecular weight excluding hydrogens is 607 g/mol. The number of anilines is 3. The Kier molecular flexibility index (Phi) is 5.85. The summed E-state index contributed by atoms with van der Waals surface area (Å²) in [4.78, 5) is 2.65. The van der Waals surface area contributed by atoms with Crippen LogP contribution in [0, 0.1) is 23.7 Å². The molecule has 1 spiro atoms. The highest BCUT2D eigenvalue weighted by atomic mass is 16.3. The first-order chi connectivity index (χ1) is 24.2. The Bertz CT molecular complexity index is 2340. The van der Waals surface area contributed by atoms with E-state index in [2.05, 4.69) is 136 Å². The largest absolute Gasteiger partial charge is 0.456 e. The summed E-state index contributed by atoms with van der Waals surface area (Å²) in [6.45, 7) is 9.79. The van der Waals surface area contributed by atoms with Crippen LogP contribution < -0.4 is 4.90 Å². The molecule has 2 heteroatoms. The van der Waals surface area contributed by atoms with E-state index in [1.807, 2.05) is 0 Å². The van der Waals surface area contributed by atoms with Crippen molar-refractivity contribution in [1.29, 1.82) is 0 Å². The Labute approximate surface area is 296 Å². The molecule has 4 fully saturated rings. The molecule has 0 atom stereocenters. The summed E-state index contributed by atoms with van der Waals surface area (Å²) in [6.07, 6.45) is 9.40. The van der Waals surface area contributed by atoms with Gasteiger partial charge >= 0.3 is 0 Å². The summed E-state index contributed by atoms with van der Waals surface area (Å²) >= 11 is 0. The van der Waals surface area contributed by atoms with Crippen LogP contribution in [0.25, 0.3) is 33.1 Å². The normalized spacial score (nSPS) is 27.8. The third-order valence-corrected chi connectivity index (χ3v) is 14.5. The number of hydrogen-bond acceptors (Lipinski definition) is 2. The molecule has 6 aliphatic carbocycles. The van der Waals surface area contributed by atoms with Gasteiger partial charge in [0.1, 0.15) is 11.2 Å². The van der Waals surface area contributed by atoms with E-state index in [0.717, 1.165) is 23.0 Å². The molecule has 6 aliphatic rings. The number of nitrogens with zero attached hydrogens (tertiary/aromatic N) is 1. The van der Waals surface area contributed by atoms with Crippen molar-refractivity contribution >= 4 is 39.0 Å². The predicted molar refractivity (Wildman–Crippen MR) is 207 cm³/mol. The van der Waals surface area contributed by atoms with Crippen LogP contribution in [0.4, 0.5) is 17.1 Å². The summed E-state index contributed by atoms with van der Waals surface area (Å²) in [7, 11) is 0. The number of hydrogen-bond donors (Lipinski definition) is 0. The van der Waals surface area contributed by atoms with E-state index in [9.17, 15) is 0 Å². The molecule has 2 nitrogen and oxygen atoms in total. The Morgan fingerprint density at radius 3 is 1.98 bits per heavy atom. The second-order valence-electron chi connectivity index (χ2n) is 18.0. The lowest BCUT2D eigenvalue weighted by Gasteiger charge is -2.61. The highest BCUT2D eigenvalue weighted by Crippen LogP contribution is 2.71. The van der Waals surface area contributed by atoms with Gasteiger partial charge in [0.25, 0.3) is 0 Å². The third kappa shape index (κ3) is 3.81. The average molecular weight is 654 g/mol. The molecular formula is C48H47NO. The SMILES string of the molecule is CC1(C)CCC(C)(C)c2cc(N(c3ccc4oc5ccccc5c4c3)c3cccc4c3C3(c5ccccc5-4)C4CC5CC(C4)CC3C5)ccc21. The highest BCUT2D eigenvalue weighted by molar-refractivity contribution is 6.06. The molecule has 6 aromatic rings. The molecule has 4 saturated carbocycles. The van der Waals surface area contributed by atoms with Crippen LogP contribution >= 0.6 is 0 Å². The maximum Gasteiger partial charge on any atom is 0.135 e. The van der Waals surface area contributed by atoms with Crippen LogP contribution in [0.3, 0.4) is 0 Å². The minimum absolute atomic E-state index is 0.0656. The molecule has 0 saturated heterocycles. The van der Waals surface area contributed by atoms with Crippen molar-refractivity contribution in [2.75, 3.05) is 4.90 Å². The van der Waals surface area contributed by atoms with Gasteiger partial charge in [0, 0.05) is 27.6 Å². The van der Waals surface area contributed by atoms with Crippen LogP contribution in [0.1, 0.15) is 94.9 Å². The van der Waals surface area contributed by atoms with E-state index in [1.54, 1.807) is 11.1 Å². The van der Waals surface area contributed by atoms with Gasteiger partial charge in [-0.25, -0.2) is 0 Å². The molecule has 250 valence electrons. The fraction of sp³-hybridized carbons (Fsp3) is 0.375. The lowest BCUT2D eigenvalue weighted by Crippen LogP contribution is -2.55. The highest BCUT2D eigenvalue weighted by Gasteiger charge is 2.62. The van der Waals surface area contributed by atoms with Gasteiger partial charge in [0.05, 0.1) is 5.69 Å². The van der Waals surface area contributed by atoms with Crippen LogP contribution in [0.15, 0.2) is 108 Å². The van der Waals surface area contributed by atoms with Gasteiger partial charge in [-0.2, -0.15) is 0 Å². The maximum atomic E-state index is 6.38. The van der Waals surface area contributed by atoms with Gasteiger partial charge in [-0.05, 0) is 155 Å². The van der Waals surface area contributed by atoms with Gasteiger partial charge in [0.2, 0.25) is 0 Å². The second-order valence-corrected chi connectivity index (χ2v) is 18.0. The molecule has 0 unspecified atom stereocenters. The number of rotatable bonds is 3. The summed E-state index contributed by atoms with van der Waals surface area (Å²) in [5.74, 6) is 3.22. The Balaban J connectivity index is 1.21. The fourth-order valence-electron chi connectivity index (χ4n) is 12.4. The van der Waals surface area contributed by atoms with Crippen molar-refractivity contribution in [2.24, 2.45) is 23.7 Å². The molecule has 5 aromatic carbocycles. The first-order valence-electron chi connectivity index (χ1n) is 19.3. The van der Waals surface area contributed by atoms with E-state index >= 15 is 0 Å². The average Bonchev–Trinajstić information content (AvgIpc) is 3.63. The second kappa shape index (κ2) is 9.93. The minimum Gasteiger partial charge on any atom is -0.456 e. The van der Waals surface area contributed by atoms with Crippen LogP contribution in [0.5, 0.6) is 0 Å². The van der Waals surface area contributed by atoms with Crippen molar-refractivity contribution in [1.82, 2.24) is 0 Å². The molecule has 0 radical (unpaired) electrons. The number of para-hydroxylation sites is 1.